The van der Waals surface area contributed by atoms with Crippen LogP contribution in [0.4, 0.5) is 17.6 Å². The molecule has 0 aliphatic carbocycles. The van der Waals surface area contributed by atoms with Crippen molar-refractivity contribution >= 4 is 6.29 Å². The number of nitrogens with zero attached hydrogens (tertiary/aromatic N) is 2. The zero-order chi connectivity index (χ0) is 13.3. The van der Waals surface area contributed by atoms with Crippen molar-refractivity contribution in [1.82, 2.24) is 10.2 Å². The highest BCUT2D eigenvalue weighted by atomic mass is 19.3. The Hall–Kier alpha value is -2.25. The van der Waals surface area contributed by atoms with Gasteiger partial charge in [-0.05, 0) is 12.1 Å². The number of carbonyl (C=O) groups is 1. The molecule has 0 saturated carbocycles. The average Bonchev–Trinajstić information content (AvgIpc) is 2.77. The first-order valence-corrected chi connectivity index (χ1v) is 4.59. The molecule has 0 fully saturated rings. The van der Waals surface area contributed by atoms with Crippen LogP contribution in [-0.4, -0.2) is 16.5 Å². The fraction of sp³-hybridized carbons (Fsp3) is 0.100. The van der Waals surface area contributed by atoms with Gasteiger partial charge in [-0.1, -0.05) is 0 Å². The van der Waals surface area contributed by atoms with Crippen LogP contribution in [0.25, 0.3) is 11.5 Å². The Bertz CT molecular complexity index is 574. The first-order valence-electron chi connectivity index (χ1n) is 4.59. The smallest absolute Gasteiger partial charge is 0.314 e. The third kappa shape index (κ3) is 2.08. The molecule has 8 heteroatoms. The maximum Gasteiger partial charge on any atom is 0.314 e. The Morgan fingerprint density at radius 1 is 1.17 bits per heavy atom. The van der Waals surface area contributed by atoms with Crippen molar-refractivity contribution in [2.45, 2.75) is 6.43 Å². The number of carbonyl (C=O) groups excluding carboxylic acids is 1. The molecule has 0 aliphatic heterocycles. The Balaban J connectivity index is 2.47. The van der Waals surface area contributed by atoms with Crippen LogP contribution in [-0.2, 0) is 0 Å². The predicted octanol–water partition coefficient (Wildman–Crippen LogP) is 2.76. The lowest BCUT2D eigenvalue weighted by Crippen LogP contribution is -1.94. The van der Waals surface area contributed by atoms with E-state index in [4.69, 9.17) is 0 Å². The maximum absolute atomic E-state index is 13.3. The summed E-state index contributed by atoms with van der Waals surface area (Å²) >= 11 is 0. The number of alkyl halides is 2. The molecule has 0 atom stereocenters. The van der Waals surface area contributed by atoms with E-state index in [0.29, 0.717) is 0 Å². The summed E-state index contributed by atoms with van der Waals surface area (Å²) in [6, 6.07) is 1.49. The largest absolute Gasteiger partial charge is 0.415 e. The molecular formula is C10H4F4N2O2. The van der Waals surface area contributed by atoms with Gasteiger partial charge in [0.25, 0.3) is 5.89 Å². The minimum absolute atomic E-state index is 0.00679. The molecule has 1 aromatic heterocycles. The lowest BCUT2D eigenvalue weighted by molar-refractivity contribution is 0.111. The van der Waals surface area contributed by atoms with Gasteiger partial charge >= 0.3 is 6.43 Å². The number of hydrogen-bond acceptors (Lipinski definition) is 4. The Labute approximate surface area is 97.2 Å². The van der Waals surface area contributed by atoms with Gasteiger partial charge in [-0.15, -0.1) is 10.2 Å². The highest BCUT2D eigenvalue weighted by Gasteiger charge is 2.19. The van der Waals surface area contributed by atoms with E-state index in [9.17, 15) is 22.4 Å². The SMILES string of the molecule is O=Cc1c(F)cc(-c2nnc(C(F)F)o2)cc1F. The summed E-state index contributed by atoms with van der Waals surface area (Å²) in [5, 5.41) is 6.24. The molecule has 0 radical (unpaired) electrons. The standard InChI is InChI=1S/C10H4F4N2O2/c11-6-1-4(2-7(12)5(6)3-17)9-15-16-10(18-9)8(13)14/h1-3,8H. The van der Waals surface area contributed by atoms with Crippen LogP contribution < -0.4 is 0 Å². The first kappa shape index (κ1) is 12.2. The molecule has 0 saturated heterocycles. The number of aromatic nitrogens is 2. The van der Waals surface area contributed by atoms with Crippen LogP contribution in [0.5, 0.6) is 0 Å². The van der Waals surface area contributed by atoms with E-state index in [-0.39, 0.29) is 11.8 Å². The molecule has 2 aromatic rings. The fourth-order valence-corrected chi connectivity index (χ4v) is 1.26. The third-order valence-corrected chi connectivity index (χ3v) is 2.07. The average molecular weight is 260 g/mol. The minimum Gasteiger partial charge on any atom is -0.415 e. The summed E-state index contributed by atoms with van der Waals surface area (Å²) in [6.07, 6.45) is -2.97. The minimum atomic E-state index is -2.98. The van der Waals surface area contributed by atoms with Gasteiger partial charge in [-0.2, -0.15) is 8.78 Å². The van der Waals surface area contributed by atoms with E-state index in [1.807, 2.05) is 0 Å². The van der Waals surface area contributed by atoms with Gasteiger partial charge in [-0.25, -0.2) is 8.78 Å². The van der Waals surface area contributed by atoms with Gasteiger partial charge in [0.1, 0.15) is 11.6 Å². The van der Waals surface area contributed by atoms with Crippen LogP contribution in [0.15, 0.2) is 16.5 Å². The van der Waals surface area contributed by atoms with Crippen molar-refractivity contribution in [1.29, 1.82) is 0 Å². The van der Waals surface area contributed by atoms with E-state index < -0.39 is 35.4 Å². The molecule has 1 heterocycles. The number of hydrogen-bond donors (Lipinski definition) is 0. The predicted molar refractivity (Wildman–Crippen MR) is 50.0 cm³/mol. The van der Waals surface area contributed by atoms with Gasteiger partial charge in [0, 0.05) is 5.56 Å². The lowest BCUT2D eigenvalue weighted by Gasteiger charge is -2.00. The molecule has 4 nitrogen and oxygen atoms in total. The van der Waals surface area contributed by atoms with E-state index in [2.05, 4.69) is 14.6 Å². The van der Waals surface area contributed by atoms with Crippen LogP contribution in [0.2, 0.25) is 0 Å². The summed E-state index contributed by atoms with van der Waals surface area (Å²) in [6.45, 7) is 0. The highest BCUT2D eigenvalue weighted by Crippen LogP contribution is 2.25. The Kier molecular flexibility index (Phi) is 3.09. The highest BCUT2D eigenvalue weighted by molar-refractivity contribution is 5.77. The molecule has 1 aromatic carbocycles. The molecular weight excluding hydrogens is 256 g/mol. The maximum atomic E-state index is 13.3. The lowest BCUT2D eigenvalue weighted by atomic mass is 10.1. The summed E-state index contributed by atoms with van der Waals surface area (Å²) in [4.78, 5) is 10.4. The van der Waals surface area contributed by atoms with Crippen molar-refractivity contribution in [3.63, 3.8) is 0 Å². The monoisotopic (exact) mass is 260 g/mol. The molecule has 94 valence electrons. The van der Waals surface area contributed by atoms with E-state index in [1.165, 1.54) is 0 Å². The molecule has 0 bridgehead atoms. The summed E-state index contributed by atoms with van der Waals surface area (Å²) in [7, 11) is 0. The van der Waals surface area contributed by atoms with Crippen LogP contribution in [0, 0.1) is 11.6 Å². The van der Waals surface area contributed by atoms with Gasteiger partial charge in [0.15, 0.2) is 6.29 Å². The summed E-state index contributed by atoms with van der Waals surface area (Å²) in [5.41, 5.74) is -0.984. The van der Waals surface area contributed by atoms with Gasteiger partial charge in [0.05, 0.1) is 5.56 Å². The second kappa shape index (κ2) is 4.55. The first-order chi connectivity index (χ1) is 8.52. The van der Waals surface area contributed by atoms with Gasteiger partial charge in [-0.3, -0.25) is 4.79 Å². The zero-order valence-corrected chi connectivity index (χ0v) is 8.53. The van der Waals surface area contributed by atoms with E-state index in [0.717, 1.165) is 12.1 Å². The van der Waals surface area contributed by atoms with Gasteiger partial charge < -0.3 is 4.42 Å². The molecule has 2 rings (SSSR count). The molecule has 18 heavy (non-hydrogen) atoms. The zero-order valence-electron chi connectivity index (χ0n) is 8.53. The van der Waals surface area contributed by atoms with Crippen molar-refractivity contribution in [2.75, 3.05) is 0 Å². The van der Waals surface area contributed by atoms with Crippen LogP contribution in [0.1, 0.15) is 22.7 Å². The van der Waals surface area contributed by atoms with Crippen molar-refractivity contribution < 1.29 is 26.8 Å². The van der Waals surface area contributed by atoms with Crippen molar-refractivity contribution in [2.24, 2.45) is 0 Å². The molecule has 0 N–H and O–H groups in total. The molecule has 0 amide bonds. The van der Waals surface area contributed by atoms with Crippen molar-refractivity contribution in [3.05, 3.63) is 35.2 Å². The summed E-state index contributed by atoms with van der Waals surface area (Å²) in [5.74, 6) is -3.69. The number of benzene rings is 1. The Morgan fingerprint density at radius 3 is 2.22 bits per heavy atom. The topological polar surface area (TPSA) is 56.0 Å². The number of halogens is 4. The molecule has 0 aliphatic rings. The second-order valence-electron chi connectivity index (χ2n) is 3.22. The van der Waals surface area contributed by atoms with Crippen LogP contribution >= 0.6 is 0 Å². The van der Waals surface area contributed by atoms with Crippen molar-refractivity contribution in [3.8, 4) is 11.5 Å². The van der Waals surface area contributed by atoms with Crippen LogP contribution in [0.3, 0.4) is 0 Å². The third-order valence-electron chi connectivity index (χ3n) is 2.07. The van der Waals surface area contributed by atoms with E-state index in [1.54, 1.807) is 0 Å². The van der Waals surface area contributed by atoms with Gasteiger partial charge in [0.2, 0.25) is 5.89 Å². The number of rotatable bonds is 3. The van der Waals surface area contributed by atoms with E-state index >= 15 is 0 Å². The summed E-state index contributed by atoms with van der Waals surface area (Å²) < 4.78 is 55.4. The number of aldehydes is 1. The molecule has 0 unspecified atom stereocenters. The Morgan fingerprint density at radius 2 is 1.78 bits per heavy atom. The molecule has 0 spiro atoms. The second-order valence-corrected chi connectivity index (χ2v) is 3.22. The quantitative estimate of drug-likeness (QED) is 0.629. The fourth-order valence-electron chi connectivity index (χ4n) is 1.26. The normalized spacial score (nSPS) is 10.9.